The number of amides is 1. The van der Waals surface area contributed by atoms with Crippen LogP contribution in [0.5, 0.6) is 0 Å². The zero-order chi connectivity index (χ0) is 30.3. The van der Waals surface area contributed by atoms with Crippen molar-refractivity contribution in [1.82, 2.24) is 4.31 Å². The molecule has 1 N–H and O–H groups in total. The number of nitrogens with zero attached hydrogens (tertiary/aromatic N) is 1. The van der Waals surface area contributed by atoms with Crippen molar-refractivity contribution in [3.63, 3.8) is 0 Å². The Morgan fingerprint density at radius 2 is 1.40 bits per heavy atom. The van der Waals surface area contributed by atoms with E-state index in [2.05, 4.69) is 5.32 Å². The van der Waals surface area contributed by atoms with Crippen LogP contribution < -0.4 is 10.6 Å². The van der Waals surface area contributed by atoms with Crippen LogP contribution >= 0.6 is 19.2 Å². The molecular formula is C32H32ClN2O6PS. The van der Waals surface area contributed by atoms with Gasteiger partial charge in [0.25, 0.3) is 5.91 Å². The van der Waals surface area contributed by atoms with Crippen LogP contribution in [-0.4, -0.2) is 31.7 Å². The monoisotopic (exact) mass is 638 g/mol. The van der Waals surface area contributed by atoms with Crippen LogP contribution in [0.3, 0.4) is 0 Å². The molecule has 0 aliphatic carbocycles. The summed E-state index contributed by atoms with van der Waals surface area (Å²) in [6.45, 7) is 0.899. The van der Waals surface area contributed by atoms with Crippen molar-refractivity contribution in [1.29, 1.82) is 0 Å². The number of piperidine rings is 1. The third kappa shape index (κ3) is 7.81. The number of halogens is 1. The van der Waals surface area contributed by atoms with Gasteiger partial charge in [-0.1, -0.05) is 84.8 Å². The maximum Gasteiger partial charge on any atom is 0.364 e. The molecule has 4 aromatic carbocycles. The summed E-state index contributed by atoms with van der Waals surface area (Å²) in [7, 11) is -7.79. The molecule has 0 saturated carbocycles. The fourth-order valence-corrected chi connectivity index (χ4v) is 8.14. The van der Waals surface area contributed by atoms with Crippen molar-refractivity contribution in [3.05, 3.63) is 125 Å². The minimum Gasteiger partial charge on any atom is -0.321 e. The molecule has 5 rings (SSSR count). The lowest BCUT2D eigenvalue weighted by Gasteiger charge is -2.26. The zero-order valence-corrected chi connectivity index (χ0v) is 25.9. The van der Waals surface area contributed by atoms with Gasteiger partial charge in [0.05, 0.1) is 29.1 Å². The van der Waals surface area contributed by atoms with Gasteiger partial charge in [-0.3, -0.25) is 9.36 Å². The summed E-state index contributed by atoms with van der Waals surface area (Å²) in [6.07, 6.45) is 2.59. The summed E-state index contributed by atoms with van der Waals surface area (Å²) in [5.41, 5.74) is 1.83. The Bertz CT molecular complexity index is 1670. The van der Waals surface area contributed by atoms with Crippen molar-refractivity contribution in [2.45, 2.75) is 37.4 Å². The average molecular weight is 639 g/mol. The molecule has 1 amide bonds. The molecule has 1 saturated heterocycles. The van der Waals surface area contributed by atoms with E-state index in [0.717, 1.165) is 30.4 Å². The lowest BCUT2D eigenvalue weighted by Crippen LogP contribution is -2.35. The fourth-order valence-electron chi connectivity index (χ4n) is 4.74. The normalized spacial score (nSPS) is 14.3. The van der Waals surface area contributed by atoms with Gasteiger partial charge in [-0.05, 0) is 60.4 Å². The fraction of sp³-hybridized carbons (Fsp3) is 0.219. The summed E-state index contributed by atoms with van der Waals surface area (Å²) in [6, 6.07) is 28.9. The lowest BCUT2D eigenvalue weighted by molar-refractivity contribution is 0.102. The Morgan fingerprint density at radius 1 is 0.791 bits per heavy atom. The van der Waals surface area contributed by atoms with Crippen LogP contribution in [0.15, 0.2) is 108 Å². The highest BCUT2D eigenvalue weighted by Gasteiger charge is 2.32. The van der Waals surface area contributed by atoms with Crippen LogP contribution in [-0.2, 0) is 36.8 Å². The molecule has 1 aliphatic heterocycles. The molecule has 1 fully saturated rings. The second-order valence-electron chi connectivity index (χ2n) is 10.1. The third-order valence-electron chi connectivity index (χ3n) is 7.04. The second kappa shape index (κ2) is 14.0. The number of nitrogens with one attached hydrogen (secondary N) is 1. The minimum absolute atomic E-state index is 0.000670. The third-order valence-corrected chi connectivity index (χ3v) is 11.1. The molecule has 11 heteroatoms. The number of carbonyl (C=O) groups excluding carboxylic acids is 1. The Morgan fingerprint density at radius 3 is 2.00 bits per heavy atom. The highest BCUT2D eigenvalue weighted by atomic mass is 35.5. The molecule has 0 radical (unpaired) electrons. The van der Waals surface area contributed by atoms with Gasteiger partial charge in [0.1, 0.15) is 0 Å². The van der Waals surface area contributed by atoms with E-state index < -0.39 is 23.5 Å². The lowest BCUT2D eigenvalue weighted by atomic mass is 10.2. The predicted octanol–water partition coefficient (Wildman–Crippen LogP) is 7.02. The summed E-state index contributed by atoms with van der Waals surface area (Å²) >= 11 is 6.31. The Balaban J connectivity index is 1.44. The van der Waals surface area contributed by atoms with Crippen molar-refractivity contribution in [2.24, 2.45) is 0 Å². The van der Waals surface area contributed by atoms with Crippen molar-refractivity contribution in [3.8, 4) is 0 Å². The number of benzene rings is 4. The van der Waals surface area contributed by atoms with Gasteiger partial charge < -0.3 is 14.4 Å². The van der Waals surface area contributed by atoms with Gasteiger partial charge in [0, 0.05) is 23.7 Å². The van der Waals surface area contributed by atoms with E-state index >= 15 is 0 Å². The van der Waals surface area contributed by atoms with Gasteiger partial charge in [-0.25, -0.2) is 8.42 Å². The molecule has 0 unspecified atom stereocenters. The molecule has 43 heavy (non-hydrogen) atoms. The molecule has 0 aromatic heterocycles. The molecule has 0 spiro atoms. The molecule has 0 bridgehead atoms. The molecule has 1 aliphatic rings. The van der Waals surface area contributed by atoms with Crippen molar-refractivity contribution >= 4 is 46.1 Å². The Kier molecular flexibility index (Phi) is 10.1. The van der Waals surface area contributed by atoms with Gasteiger partial charge >= 0.3 is 7.60 Å². The predicted molar refractivity (Wildman–Crippen MR) is 168 cm³/mol. The highest BCUT2D eigenvalue weighted by Crippen LogP contribution is 2.51. The minimum atomic E-state index is -4.04. The van der Waals surface area contributed by atoms with E-state index in [1.54, 1.807) is 6.07 Å². The summed E-state index contributed by atoms with van der Waals surface area (Å²) < 4.78 is 54.3. The Labute approximate surface area is 257 Å². The van der Waals surface area contributed by atoms with Gasteiger partial charge in [-0.2, -0.15) is 4.31 Å². The first-order valence-corrected chi connectivity index (χ1v) is 17.3. The average Bonchev–Trinajstić information content (AvgIpc) is 3.04. The maximum atomic E-state index is 14.4. The van der Waals surface area contributed by atoms with Gasteiger partial charge in [0.2, 0.25) is 10.0 Å². The van der Waals surface area contributed by atoms with E-state index in [-0.39, 0.29) is 39.7 Å². The van der Waals surface area contributed by atoms with E-state index in [0.29, 0.717) is 13.1 Å². The van der Waals surface area contributed by atoms with Crippen LogP contribution in [0.25, 0.3) is 0 Å². The zero-order valence-electron chi connectivity index (χ0n) is 23.4. The number of carbonyl (C=O) groups is 1. The maximum absolute atomic E-state index is 14.4. The van der Waals surface area contributed by atoms with Crippen LogP contribution in [0.2, 0.25) is 5.02 Å². The molecule has 224 valence electrons. The van der Waals surface area contributed by atoms with E-state index in [4.69, 9.17) is 20.6 Å². The first-order chi connectivity index (χ1) is 20.7. The first-order valence-electron chi connectivity index (χ1n) is 13.9. The van der Waals surface area contributed by atoms with Gasteiger partial charge in [0.15, 0.2) is 0 Å². The molecule has 0 atom stereocenters. The Hall–Kier alpha value is -3.30. The van der Waals surface area contributed by atoms with Gasteiger partial charge in [-0.15, -0.1) is 0 Å². The quantitative estimate of drug-likeness (QED) is 0.177. The number of hydrogen-bond acceptors (Lipinski definition) is 6. The van der Waals surface area contributed by atoms with Crippen LogP contribution in [0.4, 0.5) is 5.69 Å². The standard InChI is InChI=1S/C32H32ClN2O6PS/c33-28-17-18-31(42(37,40-23-25-11-4-1-5-12-25)41-24-26-13-6-2-7-14-26)30(22-28)34-32(36)27-15-10-16-29(21-27)43(38,39)35-19-8-3-9-20-35/h1-2,4-7,10-18,21-22H,3,8-9,19-20,23-24H2,(H,34,36). The first kappa shape index (κ1) is 31.1. The molecule has 1 heterocycles. The summed E-state index contributed by atoms with van der Waals surface area (Å²) in [5.74, 6) is -0.600. The van der Waals surface area contributed by atoms with Crippen LogP contribution in [0, 0.1) is 0 Å². The van der Waals surface area contributed by atoms with Crippen molar-refractivity contribution < 1.29 is 26.8 Å². The second-order valence-corrected chi connectivity index (χ2v) is 14.5. The summed E-state index contributed by atoms with van der Waals surface area (Å²) in [4.78, 5) is 13.5. The highest BCUT2D eigenvalue weighted by molar-refractivity contribution is 7.89. The largest absolute Gasteiger partial charge is 0.364 e. The number of anilines is 1. The molecular weight excluding hydrogens is 607 g/mol. The number of hydrogen-bond donors (Lipinski definition) is 1. The topological polar surface area (TPSA) is 102 Å². The SMILES string of the molecule is O=C(Nc1cc(Cl)ccc1P(=O)(OCc1ccccc1)OCc1ccccc1)c1cccc(S(=O)(=O)N2CCCCC2)c1. The molecule has 8 nitrogen and oxygen atoms in total. The van der Waals surface area contributed by atoms with E-state index in [9.17, 15) is 17.8 Å². The number of sulfonamides is 1. The van der Waals surface area contributed by atoms with E-state index in [1.165, 1.54) is 40.7 Å². The van der Waals surface area contributed by atoms with E-state index in [1.807, 2.05) is 60.7 Å². The molecule has 4 aromatic rings. The number of rotatable bonds is 11. The van der Waals surface area contributed by atoms with Crippen molar-refractivity contribution in [2.75, 3.05) is 18.4 Å². The smallest absolute Gasteiger partial charge is 0.321 e. The summed E-state index contributed by atoms with van der Waals surface area (Å²) in [5, 5.41) is 3.17. The van der Waals surface area contributed by atoms with Crippen LogP contribution in [0.1, 0.15) is 40.7 Å².